The van der Waals surface area contributed by atoms with Crippen LogP contribution >= 0.6 is 0 Å². The fourth-order valence-electron chi connectivity index (χ4n) is 4.16. The summed E-state index contributed by atoms with van der Waals surface area (Å²) in [5, 5.41) is 3.61. The minimum Gasteiger partial charge on any atom is -0.490 e. The number of esters is 2. The van der Waals surface area contributed by atoms with Crippen LogP contribution in [0.2, 0.25) is 0 Å². The molecule has 9 nitrogen and oxygen atoms in total. The Morgan fingerprint density at radius 2 is 1.62 bits per heavy atom. The molecule has 0 unspecified atom stereocenters. The largest absolute Gasteiger partial charge is 0.490 e. The zero-order valence-corrected chi connectivity index (χ0v) is 20.7. The van der Waals surface area contributed by atoms with Crippen LogP contribution in [0.5, 0.6) is 5.75 Å². The molecule has 1 aromatic rings. The highest BCUT2D eigenvalue weighted by Crippen LogP contribution is 2.29. The molecule has 188 valence electrons. The summed E-state index contributed by atoms with van der Waals surface area (Å²) >= 11 is 0. The summed E-state index contributed by atoms with van der Waals surface area (Å²) in [6, 6.07) is 5.09. The lowest BCUT2D eigenvalue weighted by Gasteiger charge is -2.38. The molecular weight excluding hydrogens is 440 g/mol. The molecule has 0 bridgehead atoms. The number of rotatable bonds is 7. The smallest absolute Gasteiger partial charge is 0.410 e. The lowest BCUT2D eigenvalue weighted by Crippen LogP contribution is -2.49. The van der Waals surface area contributed by atoms with Crippen LogP contribution in [0.25, 0.3) is 0 Å². The minimum absolute atomic E-state index is 0.0426. The van der Waals surface area contributed by atoms with Gasteiger partial charge in [0.05, 0.1) is 25.3 Å². The van der Waals surface area contributed by atoms with Gasteiger partial charge in [-0.05, 0) is 77.1 Å². The number of hydrogen-bond donors (Lipinski definition) is 1. The van der Waals surface area contributed by atoms with E-state index >= 15 is 0 Å². The van der Waals surface area contributed by atoms with Crippen LogP contribution < -0.4 is 10.1 Å². The van der Waals surface area contributed by atoms with Crippen molar-refractivity contribution in [2.24, 2.45) is 5.92 Å². The molecule has 1 heterocycles. The second kappa shape index (κ2) is 11.1. The Hall–Kier alpha value is -2.81. The Labute approximate surface area is 201 Å². The highest BCUT2D eigenvalue weighted by molar-refractivity contribution is 6.03. The number of likely N-dealkylation sites (tertiary alicyclic amines) is 1. The monoisotopic (exact) mass is 476 g/mol. The Morgan fingerprint density at radius 3 is 2.21 bits per heavy atom. The van der Waals surface area contributed by atoms with Crippen molar-refractivity contribution < 1.29 is 33.3 Å². The first-order valence-corrected chi connectivity index (χ1v) is 11.8. The van der Waals surface area contributed by atoms with Gasteiger partial charge in [-0.3, -0.25) is 0 Å². The number of benzene rings is 1. The fraction of sp³-hybridized carbons (Fsp3) is 0.640. The number of carbonyl (C=O) groups excluding carboxylic acids is 3. The molecule has 2 fully saturated rings. The summed E-state index contributed by atoms with van der Waals surface area (Å²) in [5.74, 6) is -0.161. The van der Waals surface area contributed by atoms with Crippen molar-refractivity contribution in [3.8, 4) is 5.75 Å². The van der Waals surface area contributed by atoms with Gasteiger partial charge in [0, 0.05) is 19.1 Å². The average Bonchev–Trinajstić information content (AvgIpc) is 2.78. The molecule has 0 spiro atoms. The molecule has 1 saturated heterocycles. The second-order valence-electron chi connectivity index (χ2n) is 9.92. The van der Waals surface area contributed by atoms with E-state index in [4.69, 9.17) is 18.9 Å². The lowest BCUT2D eigenvalue weighted by molar-refractivity contribution is 0.0177. The van der Waals surface area contributed by atoms with Crippen molar-refractivity contribution in [3.63, 3.8) is 0 Å². The average molecular weight is 477 g/mol. The van der Waals surface area contributed by atoms with Gasteiger partial charge >= 0.3 is 18.0 Å². The fourth-order valence-corrected chi connectivity index (χ4v) is 4.16. The third kappa shape index (κ3) is 6.85. The van der Waals surface area contributed by atoms with E-state index in [1.54, 1.807) is 11.0 Å². The number of carbonyl (C=O) groups is 3. The third-order valence-electron chi connectivity index (χ3n) is 6.16. The highest BCUT2D eigenvalue weighted by atomic mass is 16.6. The topological polar surface area (TPSA) is 103 Å². The van der Waals surface area contributed by atoms with Gasteiger partial charge in [-0.15, -0.1) is 0 Å². The van der Waals surface area contributed by atoms with Gasteiger partial charge in [0.1, 0.15) is 17.5 Å². The number of amides is 1. The van der Waals surface area contributed by atoms with E-state index in [1.165, 1.54) is 26.4 Å². The molecule has 1 N–H and O–H groups in total. The first-order valence-electron chi connectivity index (χ1n) is 11.8. The van der Waals surface area contributed by atoms with Crippen molar-refractivity contribution in [1.82, 2.24) is 10.2 Å². The van der Waals surface area contributed by atoms with Crippen LogP contribution in [0.1, 0.15) is 67.2 Å². The molecule has 0 aromatic heterocycles. The number of hydrogen-bond acceptors (Lipinski definition) is 8. The minimum atomic E-state index is -0.614. The van der Waals surface area contributed by atoms with Gasteiger partial charge in [-0.25, -0.2) is 14.4 Å². The predicted octanol–water partition coefficient (Wildman–Crippen LogP) is 3.41. The first-order chi connectivity index (χ1) is 16.1. The Balaban J connectivity index is 1.40. The van der Waals surface area contributed by atoms with Crippen molar-refractivity contribution in [3.05, 3.63) is 29.3 Å². The van der Waals surface area contributed by atoms with Crippen LogP contribution in [0.4, 0.5) is 4.79 Å². The standard InChI is InChI=1S/C25H36N2O7/c1-25(2,3)34-24(30)27-10-8-16(9-11-27)15-26-17-12-19(13-17)33-18-6-7-20(22(28)31-4)21(14-18)23(29)32-5/h6-7,14,16-17,19,26H,8-13,15H2,1-5H3/t17-,19-. The summed E-state index contributed by atoms with van der Waals surface area (Å²) < 4.78 is 21.0. The van der Waals surface area contributed by atoms with Crippen molar-refractivity contribution >= 4 is 18.0 Å². The summed E-state index contributed by atoms with van der Waals surface area (Å²) in [7, 11) is 2.53. The van der Waals surface area contributed by atoms with Crippen molar-refractivity contribution in [1.29, 1.82) is 0 Å². The molecule has 3 rings (SSSR count). The van der Waals surface area contributed by atoms with Crippen LogP contribution in [-0.2, 0) is 14.2 Å². The number of nitrogens with one attached hydrogen (secondary N) is 1. The summed E-state index contributed by atoms with van der Waals surface area (Å²) in [5.41, 5.74) is -0.200. The Bertz CT molecular complexity index is 882. The summed E-state index contributed by atoms with van der Waals surface area (Å²) in [4.78, 5) is 38.0. The molecule has 34 heavy (non-hydrogen) atoms. The normalized spacial score (nSPS) is 20.8. The Kier molecular flexibility index (Phi) is 8.41. The van der Waals surface area contributed by atoms with E-state index in [0.29, 0.717) is 17.7 Å². The van der Waals surface area contributed by atoms with Crippen LogP contribution in [0.3, 0.4) is 0 Å². The van der Waals surface area contributed by atoms with E-state index in [1.807, 2.05) is 20.8 Å². The van der Waals surface area contributed by atoms with E-state index < -0.39 is 17.5 Å². The number of nitrogens with zero attached hydrogens (tertiary/aromatic N) is 1. The molecule has 9 heteroatoms. The second-order valence-corrected chi connectivity index (χ2v) is 9.92. The predicted molar refractivity (Wildman–Crippen MR) is 125 cm³/mol. The summed E-state index contributed by atoms with van der Waals surface area (Å²) in [6.45, 7) is 8.01. The maximum absolute atomic E-state index is 12.2. The molecule has 1 amide bonds. The van der Waals surface area contributed by atoms with Gasteiger partial charge in [-0.2, -0.15) is 0 Å². The van der Waals surface area contributed by atoms with E-state index in [-0.39, 0.29) is 23.3 Å². The molecule has 2 aliphatic rings. The zero-order chi connectivity index (χ0) is 24.9. The molecule has 0 radical (unpaired) electrons. The maximum atomic E-state index is 12.2. The van der Waals surface area contributed by atoms with Crippen molar-refractivity contribution in [2.45, 2.75) is 64.2 Å². The van der Waals surface area contributed by atoms with Crippen LogP contribution in [0, 0.1) is 5.92 Å². The van der Waals surface area contributed by atoms with Crippen LogP contribution in [0.15, 0.2) is 18.2 Å². The van der Waals surface area contributed by atoms with Gasteiger partial charge < -0.3 is 29.2 Å². The highest BCUT2D eigenvalue weighted by Gasteiger charge is 2.32. The van der Waals surface area contributed by atoms with E-state index in [0.717, 1.165) is 45.3 Å². The van der Waals surface area contributed by atoms with Crippen molar-refractivity contribution in [2.75, 3.05) is 33.9 Å². The lowest BCUT2D eigenvalue weighted by atomic mass is 9.88. The SMILES string of the molecule is COC(=O)c1ccc(O[C@H]2C[C@H](NCC3CCN(C(=O)OC(C)(C)C)CC3)C2)cc1C(=O)OC. The molecular formula is C25H36N2O7. The number of ether oxygens (including phenoxy) is 4. The van der Waals surface area contributed by atoms with E-state index in [9.17, 15) is 14.4 Å². The Morgan fingerprint density at radius 1 is 1.00 bits per heavy atom. The van der Waals surface area contributed by atoms with Crippen LogP contribution in [-0.4, -0.2) is 74.5 Å². The zero-order valence-electron chi connectivity index (χ0n) is 20.7. The quantitative estimate of drug-likeness (QED) is 0.472. The maximum Gasteiger partial charge on any atom is 0.410 e. The molecule has 1 saturated carbocycles. The number of piperidine rings is 1. The molecule has 1 aliphatic carbocycles. The molecule has 0 atom stereocenters. The third-order valence-corrected chi connectivity index (χ3v) is 6.16. The first kappa shape index (κ1) is 25.8. The molecule has 1 aliphatic heterocycles. The molecule has 1 aromatic carbocycles. The number of methoxy groups -OCH3 is 2. The summed E-state index contributed by atoms with van der Waals surface area (Å²) in [6.07, 6.45) is 3.46. The van der Waals surface area contributed by atoms with Gasteiger partial charge in [0.15, 0.2) is 0 Å². The van der Waals surface area contributed by atoms with E-state index in [2.05, 4.69) is 5.32 Å². The van der Waals surface area contributed by atoms with Gasteiger partial charge in [0.2, 0.25) is 0 Å². The van der Waals surface area contributed by atoms with Gasteiger partial charge in [0.25, 0.3) is 0 Å². The van der Waals surface area contributed by atoms with Gasteiger partial charge in [-0.1, -0.05) is 0 Å².